The Bertz CT molecular complexity index is 497. The van der Waals surface area contributed by atoms with Gasteiger partial charge in [-0.2, -0.15) is 0 Å². The third-order valence-electron chi connectivity index (χ3n) is 2.77. The second-order valence-electron chi connectivity index (χ2n) is 4.00. The van der Waals surface area contributed by atoms with E-state index in [0.717, 1.165) is 6.42 Å². The first-order chi connectivity index (χ1) is 8.33. The molecular weight excluding hydrogens is 230 g/mol. The van der Waals surface area contributed by atoms with Crippen molar-refractivity contribution < 1.29 is 0 Å². The van der Waals surface area contributed by atoms with Gasteiger partial charge in [-0.25, -0.2) is 0 Å². The Morgan fingerprint density at radius 3 is 2.59 bits per heavy atom. The summed E-state index contributed by atoms with van der Waals surface area (Å²) < 4.78 is 0. The monoisotopic (exact) mass is 245 g/mol. The number of aromatic nitrogens is 1. The van der Waals surface area contributed by atoms with E-state index in [4.69, 9.17) is 11.6 Å². The maximum Gasteiger partial charge on any atom is 0.0486 e. The summed E-state index contributed by atoms with van der Waals surface area (Å²) in [6.45, 7) is 2.11. The Kier molecular flexibility index (Phi) is 4.05. The quantitative estimate of drug-likeness (QED) is 0.770. The lowest BCUT2D eigenvalue weighted by molar-refractivity contribution is 1.22. The number of aryl methyl sites for hydroxylation is 1. The molecule has 0 aliphatic heterocycles. The molecule has 2 heteroatoms. The summed E-state index contributed by atoms with van der Waals surface area (Å²) in [4.78, 5) is 3.30. The molecule has 0 saturated carbocycles. The molecule has 17 heavy (non-hydrogen) atoms. The van der Waals surface area contributed by atoms with Crippen LogP contribution in [0.2, 0.25) is 0 Å². The van der Waals surface area contributed by atoms with Gasteiger partial charge in [-0.05, 0) is 30.5 Å². The Labute approximate surface area is 107 Å². The first kappa shape index (κ1) is 12.0. The van der Waals surface area contributed by atoms with Gasteiger partial charge in [0.05, 0.1) is 0 Å². The lowest BCUT2D eigenvalue weighted by atomic mass is 9.99. The van der Waals surface area contributed by atoms with Crippen molar-refractivity contribution in [1.82, 2.24) is 4.98 Å². The van der Waals surface area contributed by atoms with E-state index in [1.54, 1.807) is 0 Å². The van der Waals surface area contributed by atoms with Crippen molar-refractivity contribution in [3.8, 4) is 0 Å². The number of nitrogens with one attached hydrogen (secondary N) is 1. The molecule has 1 N–H and O–H groups in total. The van der Waals surface area contributed by atoms with E-state index in [2.05, 4.69) is 48.3 Å². The number of aromatic amines is 1. The fraction of sp³-hybridized carbons (Fsp3) is 0.200. The lowest BCUT2D eigenvalue weighted by Crippen LogP contribution is -1.91. The van der Waals surface area contributed by atoms with E-state index < -0.39 is 0 Å². The first-order valence-electron chi connectivity index (χ1n) is 5.79. The van der Waals surface area contributed by atoms with Gasteiger partial charge in [0.2, 0.25) is 0 Å². The number of alkyl halides is 1. The molecule has 1 aromatic carbocycles. The van der Waals surface area contributed by atoms with Crippen LogP contribution < -0.4 is 0 Å². The van der Waals surface area contributed by atoms with Crippen LogP contribution in [0.5, 0.6) is 0 Å². The molecule has 0 amide bonds. The SMILES string of the molecule is Cc1cc[nH]c1C(=CCCCl)c1ccccc1. The van der Waals surface area contributed by atoms with Crippen LogP contribution in [0, 0.1) is 6.92 Å². The minimum absolute atomic E-state index is 0.649. The van der Waals surface area contributed by atoms with Gasteiger partial charge < -0.3 is 4.98 Å². The second-order valence-corrected chi connectivity index (χ2v) is 4.38. The first-order valence-corrected chi connectivity index (χ1v) is 6.32. The highest BCUT2D eigenvalue weighted by molar-refractivity contribution is 6.18. The Morgan fingerprint density at radius 2 is 2.00 bits per heavy atom. The van der Waals surface area contributed by atoms with Crippen LogP contribution in [0.25, 0.3) is 5.57 Å². The Hall–Kier alpha value is -1.47. The van der Waals surface area contributed by atoms with E-state index in [1.807, 2.05) is 12.3 Å². The fourth-order valence-corrected chi connectivity index (χ4v) is 2.03. The van der Waals surface area contributed by atoms with Gasteiger partial charge in [-0.15, -0.1) is 11.6 Å². The molecule has 0 fully saturated rings. The minimum Gasteiger partial charge on any atom is -0.361 e. The van der Waals surface area contributed by atoms with Crippen molar-refractivity contribution in [3.05, 3.63) is 65.5 Å². The average molecular weight is 246 g/mol. The summed E-state index contributed by atoms with van der Waals surface area (Å²) in [6, 6.07) is 12.5. The molecule has 0 unspecified atom stereocenters. The molecule has 0 saturated heterocycles. The van der Waals surface area contributed by atoms with Gasteiger partial charge in [-0.1, -0.05) is 36.4 Å². The highest BCUT2D eigenvalue weighted by Crippen LogP contribution is 2.25. The molecular formula is C15H16ClN. The van der Waals surface area contributed by atoms with Crippen LogP contribution in [0.3, 0.4) is 0 Å². The summed E-state index contributed by atoms with van der Waals surface area (Å²) in [5.41, 5.74) is 4.90. The van der Waals surface area contributed by atoms with Crippen molar-refractivity contribution in [2.24, 2.45) is 0 Å². The van der Waals surface area contributed by atoms with Crippen LogP contribution in [0.15, 0.2) is 48.7 Å². The van der Waals surface area contributed by atoms with Gasteiger partial charge in [0, 0.05) is 23.3 Å². The average Bonchev–Trinajstić information content (AvgIpc) is 2.78. The standard InChI is InChI=1S/C15H16ClN/c1-12-9-11-17-15(12)14(8-5-10-16)13-6-3-2-4-7-13/h2-4,6-9,11,17H,5,10H2,1H3. The van der Waals surface area contributed by atoms with Crippen molar-refractivity contribution >= 4 is 17.2 Å². The zero-order chi connectivity index (χ0) is 12.1. The Balaban J connectivity index is 2.43. The van der Waals surface area contributed by atoms with Gasteiger partial charge in [-0.3, -0.25) is 0 Å². The predicted octanol–water partition coefficient (Wildman–Crippen LogP) is 4.38. The van der Waals surface area contributed by atoms with Crippen LogP contribution in [0.1, 0.15) is 23.2 Å². The van der Waals surface area contributed by atoms with Crippen LogP contribution >= 0.6 is 11.6 Å². The largest absolute Gasteiger partial charge is 0.361 e. The maximum atomic E-state index is 5.78. The zero-order valence-corrected chi connectivity index (χ0v) is 10.7. The molecule has 0 bridgehead atoms. The van der Waals surface area contributed by atoms with Gasteiger partial charge in [0.15, 0.2) is 0 Å². The van der Waals surface area contributed by atoms with E-state index >= 15 is 0 Å². The number of rotatable bonds is 4. The topological polar surface area (TPSA) is 15.8 Å². The second kappa shape index (κ2) is 5.74. The van der Waals surface area contributed by atoms with Crippen LogP contribution in [0.4, 0.5) is 0 Å². The van der Waals surface area contributed by atoms with Crippen molar-refractivity contribution in [3.63, 3.8) is 0 Å². The molecule has 0 aliphatic rings. The van der Waals surface area contributed by atoms with Gasteiger partial charge in [0.25, 0.3) is 0 Å². The number of H-pyrrole nitrogens is 1. The highest BCUT2D eigenvalue weighted by atomic mass is 35.5. The number of allylic oxidation sites excluding steroid dienone is 1. The van der Waals surface area contributed by atoms with Crippen molar-refractivity contribution in [2.45, 2.75) is 13.3 Å². The predicted molar refractivity (Wildman–Crippen MR) is 74.4 cm³/mol. The lowest BCUT2D eigenvalue weighted by Gasteiger charge is -2.08. The number of hydrogen-bond donors (Lipinski definition) is 1. The molecule has 1 heterocycles. The van der Waals surface area contributed by atoms with Crippen molar-refractivity contribution in [1.29, 1.82) is 0 Å². The molecule has 0 atom stereocenters. The summed E-state index contributed by atoms with van der Waals surface area (Å²) >= 11 is 5.78. The number of halogens is 1. The van der Waals surface area contributed by atoms with Gasteiger partial charge in [0.1, 0.15) is 0 Å². The third kappa shape index (κ3) is 2.80. The molecule has 2 rings (SSSR count). The van der Waals surface area contributed by atoms with E-state index in [-0.39, 0.29) is 0 Å². The van der Waals surface area contributed by atoms with Crippen molar-refractivity contribution in [2.75, 3.05) is 5.88 Å². The van der Waals surface area contributed by atoms with E-state index in [0.29, 0.717) is 5.88 Å². The summed E-state index contributed by atoms with van der Waals surface area (Å²) in [5, 5.41) is 0. The van der Waals surface area contributed by atoms with Crippen LogP contribution in [-0.4, -0.2) is 10.9 Å². The number of hydrogen-bond acceptors (Lipinski definition) is 0. The van der Waals surface area contributed by atoms with Gasteiger partial charge >= 0.3 is 0 Å². The number of benzene rings is 1. The summed E-state index contributed by atoms with van der Waals surface area (Å²) in [5.74, 6) is 0.649. The smallest absolute Gasteiger partial charge is 0.0486 e. The molecule has 2 aromatic rings. The highest BCUT2D eigenvalue weighted by Gasteiger charge is 2.07. The third-order valence-corrected chi connectivity index (χ3v) is 2.99. The zero-order valence-electron chi connectivity index (χ0n) is 9.91. The Morgan fingerprint density at radius 1 is 1.24 bits per heavy atom. The summed E-state index contributed by atoms with van der Waals surface area (Å²) in [6.07, 6.45) is 5.05. The minimum atomic E-state index is 0.649. The van der Waals surface area contributed by atoms with E-state index in [1.165, 1.54) is 22.4 Å². The summed E-state index contributed by atoms with van der Waals surface area (Å²) in [7, 11) is 0. The maximum absolute atomic E-state index is 5.78. The fourth-order valence-electron chi connectivity index (χ4n) is 1.92. The molecule has 1 nitrogen and oxygen atoms in total. The van der Waals surface area contributed by atoms with E-state index in [9.17, 15) is 0 Å². The molecule has 1 aromatic heterocycles. The molecule has 88 valence electrons. The molecule has 0 spiro atoms. The molecule has 0 aliphatic carbocycles. The van der Waals surface area contributed by atoms with Crippen LogP contribution in [-0.2, 0) is 0 Å². The normalized spacial score (nSPS) is 11.8. The molecule has 0 radical (unpaired) electrons.